The Kier molecular flexibility index (Phi) is 3.24. The number of hydrogen-bond donors (Lipinski definition) is 1. The highest BCUT2D eigenvalue weighted by Crippen LogP contribution is 2.20. The second-order valence-corrected chi connectivity index (χ2v) is 3.82. The van der Waals surface area contributed by atoms with Gasteiger partial charge in [-0.2, -0.15) is 0 Å². The Morgan fingerprint density at radius 3 is 1.73 bits per heavy atom. The minimum absolute atomic E-state index is 0.0163. The highest BCUT2D eigenvalue weighted by atomic mass is 16.3. The van der Waals surface area contributed by atoms with E-state index in [1.807, 2.05) is 13.8 Å². The van der Waals surface area contributed by atoms with Gasteiger partial charge in [0, 0.05) is 5.92 Å². The molecule has 0 aromatic rings. The van der Waals surface area contributed by atoms with Crippen molar-refractivity contribution in [3.63, 3.8) is 0 Å². The molecule has 1 unspecified atom stereocenters. The molecule has 0 amide bonds. The van der Waals surface area contributed by atoms with Gasteiger partial charge in [0.2, 0.25) is 0 Å². The first-order valence-corrected chi connectivity index (χ1v) is 4.06. The first kappa shape index (κ1) is 10.6. The quantitative estimate of drug-likeness (QED) is 0.677. The zero-order valence-corrected chi connectivity index (χ0v) is 8.01. The summed E-state index contributed by atoms with van der Waals surface area (Å²) in [7, 11) is 0. The van der Waals surface area contributed by atoms with Crippen LogP contribution in [0.15, 0.2) is 0 Å². The molecule has 0 aliphatic rings. The number of carbonyl (C=O) groups excluding carboxylic acids is 1. The summed E-state index contributed by atoms with van der Waals surface area (Å²) >= 11 is 0. The van der Waals surface area contributed by atoms with Crippen LogP contribution < -0.4 is 0 Å². The molecule has 0 aliphatic heterocycles. The summed E-state index contributed by atoms with van der Waals surface area (Å²) in [6.07, 6.45) is 0. The molecule has 1 N–H and O–H groups in total. The second-order valence-electron chi connectivity index (χ2n) is 3.82. The lowest BCUT2D eigenvalue weighted by Crippen LogP contribution is -2.42. The van der Waals surface area contributed by atoms with Crippen LogP contribution in [0, 0.1) is 11.8 Å². The largest absolute Gasteiger partial charge is 0.382 e. The zero-order valence-electron chi connectivity index (χ0n) is 8.01. The molecular formula is C9H18O2. The van der Waals surface area contributed by atoms with E-state index in [9.17, 15) is 9.90 Å². The molecule has 66 valence electrons. The third-order valence-corrected chi connectivity index (χ3v) is 2.15. The van der Waals surface area contributed by atoms with Gasteiger partial charge in [-0.1, -0.05) is 27.7 Å². The fraction of sp³-hybridized carbons (Fsp3) is 0.889. The molecule has 2 nitrogen and oxygen atoms in total. The Morgan fingerprint density at radius 2 is 1.64 bits per heavy atom. The van der Waals surface area contributed by atoms with E-state index in [4.69, 9.17) is 0 Å². The molecule has 1 atom stereocenters. The molecule has 0 fully saturated rings. The molecule has 0 bridgehead atoms. The van der Waals surface area contributed by atoms with Crippen LogP contribution in [0.25, 0.3) is 0 Å². The lowest BCUT2D eigenvalue weighted by atomic mass is 9.83. The van der Waals surface area contributed by atoms with Crippen molar-refractivity contribution in [1.82, 2.24) is 0 Å². The number of Topliss-reactive ketones (excluding diaryl/α,β-unsaturated/α-hetero) is 1. The Labute approximate surface area is 68.6 Å². The summed E-state index contributed by atoms with van der Waals surface area (Å²) in [5.41, 5.74) is -1.16. The molecule has 0 aromatic carbocycles. The summed E-state index contributed by atoms with van der Waals surface area (Å²) in [5.74, 6) is -0.183. The van der Waals surface area contributed by atoms with E-state index in [1.54, 1.807) is 20.8 Å². The van der Waals surface area contributed by atoms with Crippen molar-refractivity contribution in [2.75, 3.05) is 0 Å². The summed E-state index contributed by atoms with van der Waals surface area (Å²) < 4.78 is 0. The average molecular weight is 158 g/mol. The monoisotopic (exact) mass is 158 g/mol. The van der Waals surface area contributed by atoms with Gasteiger partial charge in [-0.25, -0.2) is 0 Å². The van der Waals surface area contributed by atoms with Crippen molar-refractivity contribution in [3.05, 3.63) is 0 Å². The van der Waals surface area contributed by atoms with Crippen LogP contribution in [0.5, 0.6) is 0 Å². The van der Waals surface area contributed by atoms with Crippen molar-refractivity contribution in [2.45, 2.75) is 40.2 Å². The summed E-state index contributed by atoms with van der Waals surface area (Å²) in [4.78, 5) is 11.4. The standard InChI is InChI=1S/C9H18O2/c1-6(2)8(10)9(5,11)7(3)4/h6-7,11H,1-5H3. The minimum Gasteiger partial charge on any atom is -0.382 e. The van der Waals surface area contributed by atoms with Crippen molar-refractivity contribution in [1.29, 1.82) is 0 Å². The molecule has 0 radical (unpaired) electrons. The molecule has 0 aliphatic carbocycles. The van der Waals surface area contributed by atoms with E-state index in [0.717, 1.165) is 0 Å². The van der Waals surface area contributed by atoms with Gasteiger partial charge < -0.3 is 5.11 Å². The fourth-order valence-corrected chi connectivity index (χ4v) is 0.869. The van der Waals surface area contributed by atoms with E-state index >= 15 is 0 Å². The lowest BCUT2D eigenvalue weighted by molar-refractivity contribution is -0.143. The van der Waals surface area contributed by atoms with Crippen LogP contribution >= 0.6 is 0 Å². The van der Waals surface area contributed by atoms with Crippen LogP contribution in [0.3, 0.4) is 0 Å². The number of rotatable bonds is 3. The summed E-state index contributed by atoms with van der Waals surface area (Å²) in [5, 5.41) is 9.68. The average Bonchev–Trinajstić information content (AvgIpc) is 1.85. The first-order valence-electron chi connectivity index (χ1n) is 4.06. The zero-order chi connectivity index (χ0) is 9.23. The van der Waals surface area contributed by atoms with Gasteiger partial charge in [0.1, 0.15) is 5.60 Å². The van der Waals surface area contributed by atoms with Crippen molar-refractivity contribution >= 4 is 5.78 Å². The highest BCUT2D eigenvalue weighted by molar-refractivity contribution is 5.88. The van der Waals surface area contributed by atoms with E-state index in [1.165, 1.54) is 0 Å². The molecule has 0 saturated carbocycles. The Hall–Kier alpha value is -0.370. The van der Waals surface area contributed by atoms with E-state index in [-0.39, 0.29) is 17.6 Å². The lowest BCUT2D eigenvalue weighted by Gasteiger charge is -2.27. The van der Waals surface area contributed by atoms with Gasteiger partial charge in [0.05, 0.1) is 0 Å². The van der Waals surface area contributed by atoms with Crippen LogP contribution in [-0.4, -0.2) is 16.5 Å². The molecular weight excluding hydrogens is 140 g/mol. The molecule has 0 saturated heterocycles. The van der Waals surface area contributed by atoms with Gasteiger partial charge in [0.25, 0.3) is 0 Å². The Morgan fingerprint density at radius 1 is 1.27 bits per heavy atom. The number of aliphatic hydroxyl groups is 1. The molecule has 0 spiro atoms. The van der Waals surface area contributed by atoms with Crippen LogP contribution in [-0.2, 0) is 4.79 Å². The van der Waals surface area contributed by atoms with Gasteiger partial charge in [-0.15, -0.1) is 0 Å². The van der Waals surface area contributed by atoms with E-state index in [0.29, 0.717) is 0 Å². The third-order valence-electron chi connectivity index (χ3n) is 2.15. The van der Waals surface area contributed by atoms with Gasteiger partial charge in [0.15, 0.2) is 5.78 Å². The van der Waals surface area contributed by atoms with Gasteiger partial charge in [-0.3, -0.25) is 4.79 Å². The molecule has 2 heteroatoms. The molecule has 0 heterocycles. The third kappa shape index (κ3) is 2.29. The number of ketones is 1. The van der Waals surface area contributed by atoms with Crippen molar-refractivity contribution in [2.24, 2.45) is 11.8 Å². The maximum Gasteiger partial charge on any atom is 0.166 e. The van der Waals surface area contributed by atoms with Crippen molar-refractivity contribution in [3.8, 4) is 0 Å². The van der Waals surface area contributed by atoms with Crippen molar-refractivity contribution < 1.29 is 9.90 Å². The maximum atomic E-state index is 11.4. The topological polar surface area (TPSA) is 37.3 Å². The minimum atomic E-state index is -1.16. The normalized spacial score (nSPS) is 17.1. The van der Waals surface area contributed by atoms with E-state index < -0.39 is 5.60 Å². The Bertz CT molecular complexity index is 146. The number of carbonyl (C=O) groups is 1. The van der Waals surface area contributed by atoms with Crippen LogP contribution in [0.1, 0.15) is 34.6 Å². The number of hydrogen-bond acceptors (Lipinski definition) is 2. The van der Waals surface area contributed by atoms with Crippen LogP contribution in [0.4, 0.5) is 0 Å². The van der Waals surface area contributed by atoms with Gasteiger partial charge in [-0.05, 0) is 12.8 Å². The fourth-order valence-electron chi connectivity index (χ4n) is 0.869. The second kappa shape index (κ2) is 3.35. The Balaban J connectivity index is 4.43. The van der Waals surface area contributed by atoms with E-state index in [2.05, 4.69) is 0 Å². The smallest absolute Gasteiger partial charge is 0.166 e. The predicted molar refractivity (Wildman–Crippen MR) is 45.3 cm³/mol. The first-order chi connectivity index (χ1) is 4.80. The maximum absolute atomic E-state index is 11.4. The summed E-state index contributed by atoms with van der Waals surface area (Å²) in [6.45, 7) is 8.89. The SMILES string of the molecule is CC(C)C(=O)C(C)(O)C(C)C. The van der Waals surface area contributed by atoms with Crippen LogP contribution in [0.2, 0.25) is 0 Å². The molecule has 0 rings (SSSR count). The molecule has 0 aromatic heterocycles. The molecule has 11 heavy (non-hydrogen) atoms. The van der Waals surface area contributed by atoms with Gasteiger partial charge >= 0.3 is 0 Å². The highest BCUT2D eigenvalue weighted by Gasteiger charge is 2.34. The predicted octanol–water partition coefficient (Wildman–Crippen LogP) is 1.62. The summed E-state index contributed by atoms with van der Waals surface area (Å²) in [6, 6.07) is 0.